The molecule has 1 atom stereocenters. The van der Waals surface area contributed by atoms with Gasteiger partial charge in [0, 0.05) is 12.6 Å². The van der Waals surface area contributed by atoms with E-state index in [2.05, 4.69) is 10.0 Å². The smallest absolute Gasteiger partial charge is 0.240 e. The fourth-order valence-corrected chi connectivity index (χ4v) is 4.03. The Morgan fingerprint density at radius 3 is 2.54 bits per heavy atom. The van der Waals surface area contributed by atoms with Crippen molar-refractivity contribution in [2.45, 2.75) is 23.8 Å². The topological polar surface area (TPSA) is 67.4 Å². The molecule has 0 aromatic heterocycles. The summed E-state index contributed by atoms with van der Waals surface area (Å²) in [5, 5.41) is 3.69. The summed E-state index contributed by atoms with van der Waals surface area (Å²) in [6.45, 7) is 1.60. The van der Waals surface area contributed by atoms with Crippen molar-refractivity contribution < 1.29 is 13.2 Å². The standard InChI is InChI=1S/C17H19ClN2O3S/c18-16-5-1-2-6-17(16)23-14-7-9-15(10-8-14)24(21,22)20-13-4-3-11-19-12-13/h1-2,5-10,13,19-20H,3-4,11-12H2. The number of halogens is 1. The van der Waals surface area contributed by atoms with Gasteiger partial charge in [-0.1, -0.05) is 23.7 Å². The summed E-state index contributed by atoms with van der Waals surface area (Å²) < 4.78 is 33.3. The number of hydrogen-bond donors (Lipinski definition) is 2. The van der Waals surface area contributed by atoms with Gasteiger partial charge in [-0.15, -0.1) is 0 Å². The molecular formula is C17H19ClN2O3S. The Labute approximate surface area is 147 Å². The number of ether oxygens (including phenoxy) is 1. The molecule has 1 aliphatic heterocycles. The molecule has 0 radical (unpaired) electrons. The van der Waals surface area contributed by atoms with Crippen LogP contribution in [0.4, 0.5) is 0 Å². The van der Waals surface area contributed by atoms with Crippen molar-refractivity contribution in [2.75, 3.05) is 13.1 Å². The van der Waals surface area contributed by atoms with Crippen molar-refractivity contribution in [3.63, 3.8) is 0 Å². The van der Waals surface area contributed by atoms with E-state index in [0.717, 1.165) is 19.4 Å². The molecule has 0 aliphatic carbocycles. The number of nitrogens with one attached hydrogen (secondary N) is 2. The minimum absolute atomic E-state index is 0.0669. The average molecular weight is 367 g/mol. The van der Waals surface area contributed by atoms with Crippen molar-refractivity contribution in [1.82, 2.24) is 10.0 Å². The van der Waals surface area contributed by atoms with Crippen molar-refractivity contribution in [2.24, 2.45) is 0 Å². The maximum atomic E-state index is 12.4. The van der Waals surface area contributed by atoms with Crippen molar-refractivity contribution in [1.29, 1.82) is 0 Å². The summed E-state index contributed by atoms with van der Waals surface area (Å²) in [5.74, 6) is 1.06. The van der Waals surface area contributed by atoms with Crippen LogP contribution in [0.2, 0.25) is 5.02 Å². The number of piperidine rings is 1. The highest BCUT2D eigenvalue weighted by Gasteiger charge is 2.21. The van der Waals surface area contributed by atoms with Gasteiger partial charge in [0.05, 0.1) is 9.92 Å². The Bertz CT molecular complexity index is 788. The second kappa shape index (κ2) is 7.53. The highest BCUT2D eigenvalue weighted by molar-refractivity contribution is 7.89. The lowest BCUT2D eigenvalue weighted by molar-refractivity contribution is 0.428. The fraction of sp³-hybridized carbons (Fsp3) is 0.294. The van der Waals surface area contributed by atoms with Crippen LogP contribution in [0.5, 0.6) is 11.5 Å². The van der Waals surface area contributed by atoms with Gasteiger partial charge in [0.1, 0.15) is 11.5 Å². The minimum atomic E-state index is -3.53. The monoisotopic (exact) mass is 366 g/mol. The normalized spacial score (nSPS) is 18.3. The third kappa shape index (κ3) is 4.27. The Morgan fingerprint density at radius 2 is 1.88 bits per heavy atom. The van der Waals surface area contributed by atoms with Crippen LogP contribution in [0.15, 0.2) is 53.4 Å². The maximum Gasteiger partial charge on any atom is 0.240 e. The lowest BCUT2D eigenvalue weighted by Gasteiger charge is -2.23. The van der Waals surface area contributed by atoms with Crippen molar-refractivity contribution >= 4 is 21.6 Å². The van der Waals surface area contributed by atoms with E-state index in [9.17, 15) is 8.42 Å². The van der Waals surface area contributed by atoms with E-state index < -0.39 is 10.0 Å². The Hall–Kier alpha value is -1.60. The number of rotatable bonds is 5. The highest BCUT2D eigenvalue weighted by Crippen LogP contribution is 2.29. The first kappa shape index (κ1) is 17.2. The van der Waals surface area contributed by atoms with Gasteiger partial charge in [-0.2, -0.15) is 0 Å². The minimum Gasteiger partial charge on any atom is -0.456 e. The molecular weight excluding hydrogens is 348 g/mol. The molecule has 1 heterocycles. The molecule has 128 valence electrons. The van der Waals surface area contributed by atoms with Gasteiger partial charge in [-0.3, -0.25) is 0 Å². The molecule has 1 fully saturated rings. The lowest BCUT2D eigenvalue weighted by Crippen LogP contribution is -2.45. The largest absolute Gasteiger partial charge is 0.456 e. The molecule has 1 aliphatic rings. The zero-order valence-electron chi connectivity index (χ0n) is 13.0. The van der Waals surface area contributed by atoms with Gasteiger partial charge < -0.3 is 10.1 Å². The van der Waals surface area contributed by atoms with Crippen LogP contribution < -0.4 is 14.8 Å². The zero-order chi connectivity index (χ0) is 17.0. The van der Waals surface area contributed by atoms with Gasteiger partial charge in [-0.05, 0) is 55.8 Å². The molecule has 0 saturated carbocycles. The van der Waals surface area contributed by atoms with Crippen LogP contribution in [0, 0.1) is 0 Å². The number of benzene rings is 2. The van der Waals surface area contributed by atoms with Crippen LogP contribution >= 0.6 is 11.6 Å². The van der Waals surface area contributed by atoms with Gasteiger partial charge in [-0.25, -0.2) is 13.1 Å². The van der Waals surface area contributed by atoms with Crippen LogP contribution in [-0.4, -0.2) is 27.5 Å². The van der Waals surface area contributed by atoms with Crippen LogP contribution in [-0.2, 0) is 10.0 Å². The first-order chi connectivity index (χ1) is 11.5. The van der Waals surface area contributed by atoms with E-state index in [-0.39, 0.29) is 10.9 Å². The number of sulfonamides is 1. The molecule has 24 heavy (non-hydrogen) atoms. The van der Waals surface area contributed by atoms with E-state index in [4.69, 9.17) is 16.3 Å². The molecule has 2 N–H and O–H groups in total. The SMILES string of the molecule is O=S(=O)(NC1CCCNC1)c1ccc(Oc2ccccc2Cl)cc1. The summed E-state index contributed by atoms with van der Waals surface area (Å²) in [6.07, 6.45) is 1.82. The number of hydrogen-bond acceptors (Lipinski definition) is 4. The van der Waals surface area contributed by atoms with Crippen molar-refractivity contribution in [3.8, 4) is 11.5 Å². The quantitative estimate of drug-likeness (QED) is 0.853. The summed E-state index contributed by atoms with van der Waals surface area (Å²) in [5.41, 5.74) is 0. The van der Waals surface area contributed by atoms with Gasteiger partial charge in [0.15, 0.2) is 0 Å². The summed E-state index contributed by atoms with van der Waals surface area (Å²) in [6, 6.07) is 13.4. The summed E-state index contributed by atoms with van der Waals surface area (Å²) >= 11 is 6.05. The Balaban J connectivity index is 1.70. The zero-order valence-corrected chi connectivity index (χ0v) is 14.6. The molecule has 5 nitrogen and oxygen atoms in total. The van der Waals surface area contributed by atoms with Crippen LogP contribution in [0.25, 0.3) is 0 Å². The third-order valence-corrected chi connectivity index (χ3v) is 5.67. The predicted molar refractivity (Wildman–Crippen MR) is 94.2 cm³/mol. The van der Waals surface area contributed by atoms with Gasteiger partial charge in [0.25, 0.3) is 0 Å². The third-order valence-electron chi connectivity index (χ3n) is 3.82. The second-order valence-electron chi connectivity index (χ2n) is 5.67. The predicted octanol–water partition coefficient (Wildman–Crippen LogP) is 3.16. The van der Waals surface area contributed by atoms with Crippen LogP contribution in [0.3, 0.4) is 0 Å². The molecule has 2 aromatic carbocycles. The first-order valence-electron chi connectivity index (χ1n) is 7.80. The van der Waals surface area contributed by atoms with E-state index in [1.54, 1.807) is 24.3 Å². The maximum absolute atomic E-state index is 12.4. The van der Waals surface area contributed by atoms with E-state index in [1.807, 2.05) is 12.1 Å². The first-order valence-corrected chi connectivity index (χ1v) is 9.66. The second-order valence-corrected chi connectivity index (χ2v) is 7.79. The number of para-hydroxylation sites is 1. The fourth-order valence-electron chi connectivity index (χ4n) is 2.58. The molecule has 0 spiro atoms. The summed E-state index contributed by atoms with van der Waals surface area (Å²) in [4.78, 5) is 0.222. The Kier molecular flexibility index (Phi) is 5.40. The molecule has 1 unspecified atom stereocenters. The molecule has 0 amide bonds. The molecule has 2 aromatic rings. The Morgan fingerprint density at radius 1 is 1.12 bits per heavy atom. The molecule has 1 saturated heterocycles. The van der Waals surface area contributed by atoms with Gasteiger partial charge >= 0.3 is 0 Å². The molecule has 0 bridgehead atoms. The van der Waals surface area contributed by atoms with E-state index in [1.165, 1.54) is 12.1 Å². The molecule has 7 heteroatoms. The van der Waals surface area contributed by atoms with E-state index >= 15 is 0 Å². The summed E-state index contributed by atoms with van der Waals surface area (Å²) in [7, 11) is -3.53. The molecule has 3 rings (SSSR count). The van der Waals surface area contributed by atoms with E-state index in [0.29, 0.717) is 23.1 Å². The highest BCUT2D eigenvalue weighted by atomic mass is 35.5. The van der Waals surface area contributed by atoms with Crippen molar-refractivity contribution in [3.05, 3.63) is 53.6 Å². The average Bonchev–Trinajstić information content (AvgIpc) is 2.58. The van der Waals surface area contributed by atoms with Crippen LogP contribution in [0.1, 0.15) is 12.8 Å². The van der Waals surface area contributed by atoms with Gasteiger partial charge in [0.2, 0.25) is 10.0 Å². The lowest BCUT2D eigenvalue weighted by atomic mass is 10.1.